The first-order valence-electron chi connectivity index (χ1n) is 10.3. The number of thioether (sulfide) groups is 1. The van der Waals surface area contributed by atoms with E-state index in [9.17, 15) is 14.4 Å². The van der Waals surface area contributed by atoms with E-state index in [1.165, 1.54) is 23.1 Å². The van der Waals surface area contributed by atoms with Crippen LogP contribution in [-0.4, -0.2) is 44.5 Å². The van der Waals surface area contributed by atoms with Crippen molar-refractivity contribution in [1.82, 2.24) is 15.1 Å². The molecular formula is C23H22N4O4S2. The first kappa shape index (κ1) is 22.9. The first-order chi connectivity index (χ1) is 15.9. The Morgan fingerprint density at radius 2 is 1.82 bits per heavy atom. The number of amides is 2. The monoisotopic (exact) mass is 482 g/mol. The van der Waals surface area contributed by atoms with Crippen LogP contribution in [0.3, 0.4) is 0 Å². The lowest BCUT2D eigenvalue weighted by atomic mass is 10.1. The number of carbonyl (C=O) groups excluding carboxylic acids is 2. The molecule has 1 aromatic heterocycles. The van der Waals surface area contributed by atoms with Gasteiger partial charge in [0.1, 0.15) is 0 Å². The van der Waals surface area contributed by atoms with E-state index in [2.05, 4.69) is 15.5 Å². The average molecular weight is 483 g/mol. The number of anilines is 1. The van der Waals surface area contributed by atoms with E-state index in [0.717, 1.165) is 16.7 Å². The molecule has 33 heavy (non-hydrogen) atoms. The summed E-state index contributed by atoms with van der Waals surface area (Å²) in [5.74, 6) is -1.03. The largest absolute Gasteiger partial charge is 0.478 e. The van der Waals surface area contributed by atoms with Crippen LogP contribution in [0.2, 0.25) is 0 Å². The topological polar surface area (TPSA) is 112 Å². The summed E-state index contributed by atoms with van der Waals surface area (Å²) in [5, 5.41) is 20.3. The van der Waals surface area contributed by atoms with Gasteiger partial charge in [-0.05, 0) is 30.2 Å². The highest BCUT2D eigenvalue weighted by molar-refractivity contribution is 8.00. The SMILES string of the molecule is Cc1ccc(CN2CC(C(=O)Nc3nnc(SCc4ccc(C(=O)O)cc4)s3)CC2=O)cc1. The molecule has 0 bridgehead atoms. The normalized spacial score (nSPS) is 15.6. The standard InChI is InChI=1S/C23H22N4O4S2/c1-14-2-4-15(5-3-14)11-27-12-18(10-19(27)28)20(29)24-22-25-26-23(33-22)32-13-16-6-8-17(9-7-16)21(30)31/h2-9,18H,10-13H2,1H3,(H,30,31)(H,24,25,29). The maximum atomic E-state index is 12.7. The number of benzene rings is 2. The zero-order valence-corrected chi connectivity index (χ0v) is 19.5. The number of carboxylic acids is 1. The quantitative estimate of drug-likeness (QED) is 0.371. The molecule has 8 nitrogen and oxygen atoms in total. The lowest BCUT2D eigenvalue weighted by molar-refractivity contribution is -0.128. The van der Waals surface area contributed by atoms with Gasteiger partial charge >= 0.3 is 5.97 Å². The summed E-state index contributed by atoms with van der Waals surface area (Å²) in [5.41, 5.74) is 3.41. The van der Waals surface area contributed by atoms with Crippen molar-refractivity contribution in [3.8, 4) is 0 Å². The van der Waals surface area contributed by atoms with Gasteiger partial charge < -0.3 is 15.3 Å². The second kappa shape index (κ2) is 10.1. The van der Waals surface area contributed by atoms with Crippen LogP contribution >= 0.6 is 23.1 Å². The second-order valence-corrected chi connectivity index (χ2v) is 10.0. The summed E-state index contributed by atoms with van der Waals surface area (Å²) < 4.78 is 0.691. The number of aromatic carboxylic acids is 1. The van der Waals surface area contributed by atoms with Gasteiger partial charge in [-0.3, -0.25) is 9.59 Å². The fourth-order valence-corrected chi connectivity index (χ4v) is 5.14. The summed E-state index contributed by atoms with van der Waals surface area (Å²) in [6.45, 7) is 2.89. The molecule has 1 fully saturated rings. The zero-order chi connectivity index (χ0) is 23.4. The van der Waals surface area contributed by atoms with Gasteiger partial charge in [-0.25, -0.2) is 4.79 Å². The molecule has 10 heteroatoms. The van der Waals surface area contributed by atoms with Crippen molar-refractivity contribution in [2.45, 2.75) is 30.0 Å². The second-order valence-electron chi connectivity index (χ2n) is 7.81. The van der Waals surface area contributed by atoms with Crippen molar-refractivity contribution in [2.75, 3.05) is 11.9 Å². The molecule has 3 aromatic rings. The van der Waals surface area contributed by atoms with Gasteiger partial charge in [-0.15, -0.1) is 10.2 Å². The molecule has 1 atom stereocenters. The molecule has 2 N–H and O–H groups in total. The highest BCUT2D eigenvalue weighted by Gasteiger charge is 2.34. The van der Waals surface area contributed by atoms with Crippen molar-refractivity contribution in [3.63, 3.8) is 0 Å². The van der Waals surface area contributed by atoms with Crippen LogP contribution in [0.4, 0.5) is 5.13 Å². The number of aromatic nitrogens is 2. The van der Waals surface area contributed by atoms with E-state index in [-0.39, 0.29) is 23.8 Å². The highest BCUT2D eigenvalue weighted by Crippen LogP contribution is 2.29. The van der Waals surface area contributed by atoms with E-state index < -0.39 is 11.9 Å². The molecule has 0 spiro atoms. The van der Waals surface area contributed by atoms with E-state index in [0.29, 0.717) is 28.3 Å². The Morgan fingerprint density at radius 3 is 2.52 bits per heavy atom. The molecule has 0 radical (unpaired) electrons. The number of rotatable bonds is 8. The predicted octanol–water partition coefficient (Wildman–Crippen LogP) is 3.82. The third kappa shape index (κ3) is 5.96. The van der Waals surface area contributed by atoms with Crippen LogP contribution in [0.15, 0.2) is 52.9 Å². The Labute approximate surface area is 199 Å². The molecular weight excluding hydrogens is 460 g/mol. The summed E-state index contributed by atoms with van der Waals surface area (Å²) in [4.78, 5) is 37.7. The Morgan fingerprint density at radius 1 is 1.12 bits per heavy atom. The Hall–Kier alpha value is -3.24. The van der Waals surface area contributed by atoms with Gasteiger partial charge in [0, 0.05) is 25.3 Å². The number of carbonyl (C=O) groups is 3. The molecule has 170 valence electrons. The van der Waals surface area contributed by atoms with E-state index in [4.69, 9.17) is 5.11 Å². The highest BCUT2D eigenvalue weighted by atomic mass is 32.2. The minimum Gasteiger partial charge on any atom is -0.478 e. The molecule has 1 aliphatic heterocycles. The van der Waals surface area contributed by atoms with Gasteiger partial charge in [0.2, 0.25) is 16.9 Å². The van der Waals surface area contributed by atoms with Crippen LogP contribution in [0.1, 0.15) is 33.5 Å². The molecule has 0 aliphatic carbocycles. The number of hydrogen-bond acceptors (Lipinski definition) is 7. The summed E-state index contributed by atoms with van der Waals surface area (Å²) in [7, 11) is 0. The minimum atomic E-state index is -0.957. The van der Waals surface area contributed by atoms with E-state index in [1.54, 1.807) is 29.2 Å². The van der Waals surface area contributed by atoms with Crippen molar-refractivity contribution >= 4 is 46.0 Å². The molecule has 1 saturated heterocycles. The lowest BCUT2D eigenvalue weighted by Gasteiger charge is -2.16. The fraction of sp³-hybridized carbons (Fsp3) is 0.261. The number of nitrogens with one attached hydrogen (secondary N) is 1. The number of likely N-dealkylation sites (tertiary alicyclic amines) is 1. The summed E-state index contributed by atoms with van der Waals surface area (Å²) in [6, 6.07) is 14.7. The maximum absolute atomic E-state index is 12.7. The molecule has 1 unspecified atom stereocenters. The molecule has 2 aromatic carbocycles. The van der Waals surface area contributed by atoms with Crippen LogP contribution in [0.5, 0.6) is 0 Å². The molecule has 2 heterocycles. The van der Waals surface area contributed by atoms with Crippen molar-refractivity contribution in [1.29, 1.82) is 0 Å². The fourth-order valence-electron chi connectivity index (χ4n) is 3.43. The number of aryl methyl sites for hydroxylation is 1. The summed E-state index contributed by atoms with van der Waals surface area (Å²) in [6.07, 6.45) is 0.185. The Kier molecular flexibility index (Phi) is 7.05. The van der Waals surface area contributed by atoms with Crippen molar-refractivity contribution in [3.05, 3.63) is 70.8 Å². The Balaban J connectivity index is 1.28. The van der Waals surface area contributed by atoms with E-state index >= 15 is 0 Å². The van der Waals surface area contributed by atoms with Crippen LogP contribution in [0, 0.1) is 12.8 Å². The van der Waals surface area contributed by atoms with E-state index in [1.807, 2.05) is 31.2 Å². The van der Waals surface area contributed by atoms with Crippen LogP contribution < -0.4 is 5.32 Å². The van der Waals surface area contributed by atoms with Gasteiger partial charge in [0.05, 0.1) is 11.5 Å². The minimum absolute atomic E-state index is 0.0295. The molecule has 0 saturated carbocycles. The number of nitrogens with zero attached hydrogens (tertiary/aromatic N) is 3. The average Bonchev–Trinajstić information content (AvgIpc) is 3.40. The number of carboxylic acid groups (broad SMARTS) is 1. The van der Waals surface area contributed by atoms with Crippen LogP contribution in [-0.2, 0) is 21.9 Å². The third-order valence-corrected chi connectivity index (χ3v) is 7.32. The zero-order valence-electron chi connectivity index (χ0n) is 17.9. The van der Waals surface area contributed by atoms with Gasteiger partial charge in [-0.1, -0.05) is 65.1 Å². The molecule has 2 amide bonds. The van der Waals surface area contributed by atoms with Crippen molar-refractivity contribution in [2.24, 2.45) is 5.92 Å². The number of hydrogen-bond donors (Lipinski definition) is 2. The molecule has 4 rings (SSSR count). The maximum Gasteiger partial charge on any atom is 0.335 e. The first-order valence-corrected chi connectivity index (χ1v) is 12.1. The summed E-state index contributed by atoms with van der Waals surface area (Å²) >= 11 is 2.72. The van der Waals surface area contributed by atoms with Crippen LogP contribution in [0.25, 0.3) is 0 Å². The Bertz CT molecular complexity index is 1160. The molecule has 1 aliphatic rings. The van der Waals surface area contributed by atoms with Crippen molar-refractivity contribution < 1.29 is 19.5 Å². The third-order valence-electron chi connectivity index (χ3n) is 5.28. The van der Waals surface area contributed by atoms with Gasteiger partial charge in [0.25, 0.3) is 0 Å². The van der Waals surface area contributed by atoms with Gasteiger partial charge in [-0.2, -0.15) is 0 Å². The lowest BCUT2D eigenvalue weighted by Crippen LogP contribution is -2.28. The predicted molar refractivity (Wildman–Crippen MR) is 126 cm³/mol. The van der Waals surface area contributed by atoms with Gasteiger partial charge in [0.15, 0.2) is 4.34 Å². The smallest absolute Gasteiger partial charge is 0.335 e.